The van der Waals surface area contributed by atoms with Crippen LogP contribution in [0.3, 0.4) is 0 Å². The fourth-order valence-electron chi connectivity index (χ4n) is 1.90. The van der Waals surface area contributed by atoms with E-state index in [0.29, 0.717) is 5.75 Å². The predicted octanol–water partition coefficient (Wildman–Crippen LogP) is 5.37. The molecule has 0 unspecified atom stereocenters. The van der Waals surface area contributed by atoms with Crippen LogP contribution in [0, 0.1) is 3.57 Å². The van der Waals surface area contributed by atoms with E-state index in [0.717, 1.165) is 22.0 Å². The first-order valence-electron chi connectivity index (χ1n) is 6.69. The van der Waals surface area contributed by atoms with E-state index in [9.17, 15) is 5.11 Å². The van der Waals surface area contributed by atoms with Gasteiger partial charge in [-0.25, -0.2) is 0 Å². The largest absolute Gasteiger partial charge is 0.507 e. The molecule has 1 nitrogen and oxygen atoms in total. The SMILES string of the molecule is CCC(C)(C)c1cc(I)c(O)c(C(C)(C)CC)c1. The summed E-state index contributed by atoms with van der Waals surface area (Å²) in [4.78, 5) is 0. The second-order valence-corrected chi connectivity index (χ2v) is 7.49. The summed E-state index contributed by atoms with van der Waals surface area (Å²) in [6.45, 7) is 13.3. The molecule has 102 valence electrons. The van der Waals surface area contributed by atoms with E-state index in [4.69, 9.17) is 0 Å². The molecule has 0 aliphatic carbocycles. The van der Waals surface area contributed by atoms with E-state index in [1.807, 2.05) is 0 Å². The van der Waals surface area contributed by atoms with Crippen LogP contribution in [0.15, 0.2) is 12.1 Å². The van der Waals surface area contributed by atoms with Gasteiger partial charge in [-0.15, -0.1) is 0 Å². The maximum atomic E-state index is 10.3. The van der Waals surface area contributed by atoms with Crippen molar-refractivity contribution in [3.8, 4) is 5.75 Å². The Morgan fingerprint density at radius 1 is 1.00 bits per heavy atom. The van der Waals surface area contributed by atoms with Gasteiger partial charge < -0.3 is 5.11 Å². The lowest BCUT2D eigenvalue weighted by atomic mass is 9.76. The Hall–Kier alpha value is -0.250. The van der Waals surface area contributed by atoms with Gasteiger partial charge in [-0.05, 0) is 57.9 Å². The lowest BCUT2D eigenvalue weighted by Gasteiger charge is -2.30. The topological polar surface area (TPSA) is 20.2 Å². The third-order valence-electron chi connectivity index (χ3n) is 4.34. The smallest absolute Gasteiger partial charge is 0.132 e. The molecular formula is C16H25IO. The molecule has 2 heteroatoms. The van der Waals surface area contributed by atoms with Crippen molar-refractivity contribution < 1.29 is 5.11 Å². The molecule has 1 N–H and O–H groups in total. The van der Waals surface area contributed by atoms with Gasteiger partial charge in [-0.1, -0.05) is 47.6 Å². The van der Waals surface area contributed by atoms with Crippen molar-refractivity contribution in [2.45, 2.75) is 65.2 Å². The Kier molecular flexibility index (Phi) is 4.74. The van der Waals surface area contributed by atoms with Crippen LogP contribution in [0.25, 0.3) is 0 Å². The third-order valence-corrected chi connectivity index (χ3v) is 5.16. The number of halogens is 1. The van der Waals surface area contributed by atoms with Crippen LogP contribution in [0.4, 0.5) is 0 Å². The second-order valence-electron chi connectivity index (χ2n) is 6.33. The molecular weight excluding hydrogens is 335 g/mol. The summed E-state index contributed by atoms with van der Waals surface area (Å²) < 4.78 is 0.961. The van der Waals surface area contributed by atoms with Crippen LogP contribution in [0.5, 0.6) is 5.75 Å². The van der Waals surface area contributed by atoms with Crippen molar-refractivity contribution in [2.24, 2.45) is 0 Å². The Balaban J connectivity index is 3.46. The summed E-state index contributed by atoms with van der Waals surface area (Å²) in [6, 6.07) is 4.32. The first-order chi connectivity index (χ1) is 8.15. The standard InChI is InChI=1S/C16H25IO/c1-7-15(3,4)11-9-12(16(5,6)8-2)14(18)13(17)10-11/h9-10,18H,7-8H2,1-6H3. The highest BCUT2D eigenvalue weighted by Crippen LogP contribution is 2.40. The Morgan fingerprint density at radius 3 is 1.94 bits per heavy atom. The minimum atomic E-state index is 0.0177. The van der Waals surface area contributed by atoms with Gasteiger partial charge in [0.2, 0.25) is 0 Å². The molecule has 0 aliphatic rings. The summed E-state index contributed by atoms with van der Waals surface area (Å²) in [5.41, 5.74) is 2.58. The van der Waals surface area contributed by atoms with E-state index < -0.39 is 0 Å². The van der Waals surface area contributed by atoms with Crippen LogP contribution in [-0.4, -0.2) is 5.11 Å². The Labute approximate surface area is 125 Å². The molecule has 0 saturated heterocycles. The minimum absolute atomic E-state index is 0.0177. The van der Waals surface area contributed by atoms with Crippen LogP contribution in [0.1, 0.15) is 65.5 Å². The molecule has 0 spiro atoms. The molecule has 1 rings (SSSR count). The van der Waals surface area contributed by atoms with Crippen molar-refractivity contribution >= 4 is 22.6 Å². The number of phenols is 1. The molecule has 18 heavy (non-hydrogen) atoms. The van der Waals surface area contributed by atoms with Gasteiger partial charge in [0.15, 0.2) is 0 Å². The van der Waals surface area contributed by atoms with Gasteiger partial charge in [0.25, 0.3) is 0 Å². The molecule has 0 bridgehead atoms. The fourth-order valence-corrected chi connectivity index (χ4v) is 2.53. The van der Waals surface area contributed by atoms with Crippen molar-refractivity contribution in [3.05, 3.63) is 26.8 Å². The molecule has 0 aromatic heterocycles. The highest BCUT2D eigenvalue weighted by molar-refractivity contribution is 14.1. The third kappa shape index (κ3) is 3.01. The fraction of sp³-hybridized carbons (Fsp3) is 0.625. The number of aromatic hydroxyl groups is 1. The summed E-state index contributed by atoms with van der Waals surface area (Å²) in [7, 11) is 0. The molecule has 1 aromatic rings. The zero-order chi connectivity index (χ0) is 14.1. The first-order valence-corrected chi connectivity index (χ1v) is 7.77. The molecule has 0 atom stereocenters. The molecule has 1 aromatic carbocycles. The lowest BCUT2D eigenvalue weighted by Crippen LogP contribution is -2.20. The highest BCUT2D eigenvalue weighted by atomic mass is 127. The van der Waals surface area contributed by atoms with Crippen molar-refractivity contribution in [1.29, 1.82) is 0 Å². The van der Waals surface area contributed by atoms with Gasteiger partial charge >= 0.3 is 0 Å². The van der Waals surface area contributed by atoms with E-state index in [2.05, 4.69) is 76.3 Å². The molecule has 0 radical (unpaired) electrons. The number of rotatable bonds is 4. The molecule has 0 fully saturated rings. The summed E-state index contributed by atoms with van der Waals surface area (Å²) in [5.74, 6) is 0.457. The zero-order valence-electron chi connectivity index (χ0n) is 12.4. The van der Waals surface area contributed by atoms with Crippen molar-refractivity contribution in [3.63, 3.8) is 0 Å². The summed E-state index contributed by atoms with van der Waals surface area (Å²) in [5, 5.41) is 10.3. The van der Waals surface area contributed by atoms with Crippen LogP contribution < -0.4 is 0 Å². The number of hydrogen-bond donors (Lipinski definition) is 1. The van der Waals surface area contributed by atoms with Gasteiger partial charge in [0.05, 0.1) is 3.57 Å². The van der Waals surface area contributed by atoms with Gasteiger partial charge in [-0.2, -0.15) is 0 Å². The Morgan fingerprint density at radius 2 is 1.50 bits per heavy atom. The van der Waals surface area contributed by atoms with Gasteiger partial charge in [0, 0.05) is 5.56 Å². The maximum Gasteiger partial charge on any atom is 0.132 e. The van der Waals surface area contributed by atoms with E-state index >= 15 is 0 Å². The first kappa shape index (κ1) is 15.8. The minimum Gasteiger partial charge on any atom is -0.507 e. The zero-order valence-corrected chi connectivity index (χ0v) is 14.6. The number of benzene rings is 1. The summed E-state index contributed by atoms with van der Waals surface area (Å²) in [6.07, 6.45) is 2.12. The maximum absolute atomic E-state index is 10.3. The molecule has 0 saturated carbocycles. The van der Waals surface area contributed by atoms with Gasteiger partial charge in [0.1, 0.15) is 5.75 Å². The van der Waals surface area contributed by atoms with Crippen molar-refractivity contribution in [1.82, 2.24) is 0 Å². The van der Waals surface area contributed by atoms with Crippen LogP contribution in [0.2, 0.25) is 0 Å². The van der Waals surface area contributed by atoms with E-state index in [1.165, 1.54) is 5.56 Å². The average molecular weight is 360 g/mol. The second kappa shape index (κ2) is 5.40. The molecule has 0 heterocycles. The van der Waals surface area contributed by atoms with E-state index in [-0.39, 0.29) is 10.8 Å². The monoisotopic (exact) mass is 360 g/mol. The molecule has 0 aliphatic heterocycles. The number of hydrogen-bond acceptors (Lipinski definition) is 1. The van der Waals surface area contributed by atoms with Crippen LogP contribution in [-0.2, 0) is 10.8 Å². The van der Waals surface area contributed by atoms with Gasteiger partial charge in [-0.3, -0.25) is 0 Å². The van der Waals surface area contributed by atoms with Crippen LogP contribution >= 0.6 is 22.6 Å². The Bertz CT molecular complexity index is 433. The predicted molar refractivity (Wildman–Crippen MR) is 87.5 cm³/mol. The van der Waals surface area contributed by atoms with E-state index in [1.54, 1.807) is 0 Å². The summed E-state index contributed by atoms with van der Waals surface area (Å²) >= 11 is 2.24. The molecule has 0 amide bonds. The highest BCUT2D eigenvalue weighted by Gasteiger charge is 2.27. The van der Waals surface area contributed by atoms with Crippen molar-refractivity contribution in [2.75, 3.05) is 0 Å². The lowest BCUT2D eigenvalue weighted by molar-refractivity contribution is 0.422. The number of phenolic OH excluding ortho intramolecular Hbond substituents is 1. The average Bonchev–Trinajstić information content (AvgIpc) is 2.31. The quantitative estimate of drug-likeness (QED) is 0.716. The normalized spacial score (nSPS) is 12.8.